The predicted octanol–water partition coefficient (Wildman–Crippen LogP) is 8.61. The van der Waals surface area contributed by atoms with Gasteiger partial charge >= 0.3 is 5.97 Å². The van der Waals surface area contributed by atoms with E-state index < -0.39 is 5.97 Å². The van der Waals surface area contributed by atoms with Crippen molar-refractivity contribution in [1.82, 2.24) is 0 Å². The molecule has 200 valence electrons. The highest BCUT2D eigenvalue weighted by atomic mass is 19.1. The van der Waals surface area contributed by atoms with Crippen LogP contribution >= 0.6 is 0 Å². The molecule has 3 rings (SSSR count). The summed E-state index contributed by atoms with van der Waals surface area (Å²) < 4.78 is 25.9. The number of methoxy groups -OCH3 is 1. The van der Waals surface area contributed by atoms with Gasteiger partial charge in [-0.2, -0.15) is 0 Å². The van der Waals surface area contributed by atoms with Gasteiger partial charge in [0.25, 0.3) is 0 Å². The Bertz CT molecular complexity index is 1150. The molecule has 0 aliphatic carbocycles. The molecule has 0 aromatic heterocycles. The number of allylic oxidation sites excluding steroid dienone is 1. The third-order valence-electron chi connectivity index (χ3n) is 5.29. The van der Waals surface area contributed by atoms with Crippen LogP contribution in [0, 0.1) is 5.82 Å². The van der Waals surface area contributed by atoms with E-state index in [0.717, 1.165) is 22.3 Å². The number of hydrogen-bond acceptors (Lipinski definition) is 3. The average molecular weight is 509 g/mol. The molecule has 4 nitrogen and oxygen atoms in total. The van der Waals surface area contributed by atoms with Crippen LogP contribution in [0.2, 0.25) is 0 Å². The SMILES string of the molecule is C=CC.CC.COc1ccc(F)c(-c2ccc(COc3cccc(CCC(=O)O)c3)cc2C(C)(C)C)c1. The second-order valence-electron chi connectivity index (χ2n) is 9.21. The maximum Gasteiger partial charge on any atom is 0.303 e. The van der Waals surface area contributed by atoms with Crippen molar-refractivity contribution in [2.45, 2.75) is 66.4 Å². The Morgan fingerprint density at radius 1 is 0.973 bits per heavy atom. The molecule has 0 heterocycles. The highest BCUT2D eigenvalue weighted by Crippen LogP contribution is 2.36. The van der Waals surface area contributed by atoms with Gasteiger partial charge in [-0.25, -0.2) is 4.39 Å². The summed E-state index contributed by atoms with van der Waals surface area (Å²) in [7, 11) is 1.57. The fourth-order valence-electron chi connectivity index (χ4n) is 3.58. The van der Waals surface area contributed by atoms with E-state index in [9.17, 15) is 9.18 Å². The first-order valence-electron chi connectivity index (χ1n) is 12.6. The molecule has 0 saturated heterocycles. The molecular weight excluding hydrogens is 467 g/mol. The van der Waals surface area contributed by atoms with Crippen LogP contribution in [0.1, 0.15) is 64.7 Å². The van der Waals surface area contributed by atoms with Gasteiger partial charge < -0.3 is 14.6 Å². The minimum absolute atomic E-state index is 0.0840. The Hall–Kier alpha value is -3.60. The number of carbonyl (C=O) groups is 1. The van der Waals surface area contributed by atoms with Crippen LogP contribution in [0.3, 0.4) is 0 Å². The lowest BCUT2D eigenvalue weighted by atomic mass is 9.81. The van der Waals surface area contributed by atoms with Gasteiger partial charge in [-0.05, 0) is 71.3 Å². The van der Waals surface area contributed by atoms with Crippen molar-refractivity contribution in [3.05, 3.63) is 95.8 Å². The third-order valence-corrected chi connectivity index (χ3v) is 5.29. The Labute approximate surface area is 221 Å². The van der Waals surface area contributed by atoms with Crippen molar-refractivity contribution >= 4 is 5.97 Å². The molecule has 0 unspecified atom stereocenters. The fraction of sp³-hybridized carbons (Fsp3) is 0.344. The summed E-state index contributed by atoms with van der Waals surface area (Å²) in [6.45, 7) is 15.9. The van der Waals surface area contributed by atoms with Crippen molar-refractivity contribution in [1.29, 1.82) is 0 Å². The summed E-state index contributed by atoms with van der Waals surface area (Å²) in [5.74, 6) is 0.182. The summed E-state index contributed by atoms with van der Waals surface area (Å²) in [6, 6.07) is 18.2. The molecule has 37 heavy (non-hydrogen) atoms. The van der Waals surface area contributed by atoms with Gasteiger partial charge in [0.2, 0.25) is 0 Å². The van der Waals surface area contributed by atoms with Crippen LogP contribution in [0.25, 0.3) is 11.1 Å². The van der Waals surface area contributed by atoms with E-state index in [2.05, 4.69) is 33.4 Å². The smallest absolute Gasteiger partial charge is 0.303 e. The Balaban J connectivity index is 0.00000127. The monoisotopic (exact) mass is 508 g/mol. The first-order chi connectivity index (χ1) is 17.6. The zero-order chi connectivity index (χ0) is 28.0. The molecule has 0 fully saturated rings. The lowest BCUT2D eigenvalue weighted by molar-refractivity contribution is -0.136. The second kappa shape index (κ2) is 15.5. The normalized spacial score (nSPS) is 10.3. The van der Waals surface area contributed by atoms with Gasteiger partial charge in [-0.1, -0.05) is 71.0 Å². The Morgan fingerprint density at radius 2 is 1.65 bits per heavy atom. The number of aryl methyl sites for hydroxylation is 1. The van der Waals surface area contributed by atoms with E-state index in [1.165, 1.54) is 6.07 Å². The topological polar surface area (TPSA) is 55.8 Å². The van der Waals surface area contributed by atoms with Crippen LogP contribution in [0.15, 0.2) is 73.3 Å². The summed E-state index contributed by atoms with van der Waals surface area (Å²) in [6.07, 6.45) is 2.29. The number of rotatable bonds is 8. The highest BCUT2D eigenvalue weighted by molar-refractivity contribution is 5.71. The summed E-state index contributed by atoms with van der Waals surface area (Å²) in [5.41, 5.74) is 4.03. The largest absolute Gasteiger partial charge is 0.497 e. The molecule has 0 spiro atoms. The number of aliphatic carboxylic acids is 1. The van der Waals surface area contributed by atoms with Gasteiger partial charge in [0.15, 0.2) is 0 Å². The predicted molar refractivity (Wildman–Crippen MR) is 151 cm³/mol. The average Bonchev–Trinajstić information content (AvgIpc) is 2.88. The van der Waals surface area contributed by atoms with Crippen LogP contribution in [0.5, 0.6) is 11.5 Å². The van der Waals surface area contributed by atoms with E-state index in [1.807, 2.05) is 57.2 Å². The number of ether oxygens (including phenoxy) is 2. The van der Waals surface area contributed by atoms with Crippen molar-refractivity contribution in [3.8, 4) is 22.6 Å². The summed E-state index contributed by atoms with van der Waals surface area (Å²) in [5, 5.41) is 8.88. The summed E-state index contributed by atoms with van der Waals surface area (Å²) >= 11 is 0. The van der Waals surface area contributed by atoms with Crippen molar-refractivity contribution in [3.63, 3.8) is 0 Å². The molecule has 0 saturated carbocycles. The summed E-state index contributed by atoms with van der Waals surface area (Å²) in [4.78, 5) is 10.8. The van der Waals surface area contributed by atoms with Crippen LogP contribution in [0.4, 0.5) is 4.39 Å². The van der Waals surface area contributed by atoms with E-state index in [0.29, 0.717) is 30.1 Å². The molecule has 5 heteroatoms. The molecule has 1 N–H and O–H groups in total. The maximum atomic E-state index is 14.7. The minimum Gasteiger partial charge on any atom is -0.497 e. The number of benzene rings is 3. The number of halogens is 1. The Morgan fingerprint density at radius 3 is 2.24 bits per heavy atom. The van der Waals surface area contributed by atoms with Crippen molar-refractivity contribution < 1.29 is 23.8 Å². The number of hydrogen-bond donors (Lipinski definition) is 1. The molecule has 0 aliphatic rings. The van der Waals surface area contributed by atoms with Crippen LogP contribution < -0.4 is 9.47 Å². The van der Waals surface area contributed by atoms with Crippen molar-refractivity contribution in [2.24, 2.45) is 0 Å². The van der Waals surface area contributed by atoms with Gasteiger partial charge in [0.05, 0.1) is 7.11 Å². The fourth-order valence-corrected chi connectivity index (χ4v) is 3.58. The third kappa shape index (κ3) is 10.1. The van der Waals surface area contributed by atoms with Crippen LogP contribution in [-0.4, -0.2) is 18.2 Å². The standard InChI is InChI=1S/C27H29FO4.C3H6.C2H6/c1-27(2,3)24-15-19(8-11-22(24)23-16-20(31-4)10-12-25(23)28)17-32-21-7-5-6-18(14-21)9-13-26(29)30;1-3-2;1-2/h5-8,10-12,14-16H,9,13,17H2,1-4H3,(H,29,30);3H,1H2,2H3;1-2H3. The maximum absolute atomic E-state index is 14.7. The molecule has 0 aliphatic heterocycles. The first kappa shape index (κ1) is 31.4. The van der Waals surface area contributed by atoms with Gasteiger partial charge in [0, 0.05) is 12.0 Å². The van der Waals surface area contributed by atoms with Crippen molar-refractivity contribution in [2.75, 3.05) is 7.11 Å². The minimum atomic E-state index is -0.821. The van der Waals surface area contributed by atoms with Gasteiger partial charge in [0.1, 0.15) is 23.9 Å². The molecule has 0 amide bonds. The first-order valence-corrected chi connectivity index (χ1v) is 12.6. The van der Waals surface area contributed by atoms with E-state index in [-0.39, 0.29) is 17.7 Å². The van der Waals surface area contributed by atoms with Gasteiger partial charge in [-0.3, -0.25) is 4.79 Å². The van der Waals surface area contributed by atoms with Gasteiger partial charge in [-0.15, -0.1) is 6.58 Å². The molecule has 3 aromatic rings. The van der Waals surface area contributed by atoms with E-state index >= 15 is 0 Å². The lowest BCUT2D eigenvalue weighted by Crippen LogP contribution is -2.14. The van der Waals surface area contributed by atoms with E-state index in [4.69, 9.17) is 14.6 Å². The zero-order valence-corrected chi connectivity index (χ0v) is 23.2. The molecule has 0 bridgehead atoms. The quantitative estimate of drug-likeness (QED) is 0.310. The number of carboxylic acids is 1. The van der Waals surface area contributed by atoms with E-state index in [1.54, 1.807) is 25.3 Å². The molecule has 0 radical (unpaired) electrons. The Kier molecular flexibility index (Phi) is 13.2. The second-order valence-corrected chi connectivity index (χ2v) is 9.21. The highest BCUT2D eigenvalue weighted by Gasteiger charge is 2.21. The lowest BCUT2D eigenvalue weighted by Gasteiger charge is -2.24. The number of carboxylic acid groups (broad SMARTS) is 1. The molecule has 0 atom stereocenters. The molecular formula is C32H41FO4. The molecule has 3 aromatic carbocycles. The zero-order valence-electron chi connectivity index (χ0n) is 23.2. The van der Waals surface area contributed by atoms with Crippen LogP contribution in [-0.2, 0) is 23.2 Å².